The normalized spacial score (nSPS) is 14.9. The van der Waals surface area contributed by atoms with Crippen LogP contribution in [-0.2, 0) is 11.3 Å². The molecule has 11 heteroatoms. The summed E-state index contributed by atoms with van der Waals surface area (Å²) in [7, 11) is 0. The Balaban J connectivity index is 2.49. The number of rotatable bonds is 8. The van der Waals surface area contributed by atoms with E-state index in [2.05, 4.69) is 20.8 Å². The zero-order valence-electron chi connectivity index (χ0n) is 11.9. The topological polar surface area (TPSA) is 184 Å². The highest BCUT2D eigenvalue weighted by Gasteiger charge is 2.25. The monoisotopic (exact) mass is 317 g/mol. The second kappa shape index (κ2) is 8.26. The Morgan fingerprint density at radius 3 is 2.68 bits per heavy atom. The van der Waals surface area contributed by atoms with Gasteiger partial charge in [0.15, 0.2) is 11.9 Å². The van der Waals surface area contributed by atoms with Crippen LogP contribution in [0.1, 0.15) is 31.1 Å². The van der Waals surface area contributed by atoms with Crippen LogP contribution in [0, 0.1) is 0 Å². The third-order valence-corrected chi connectivity index (χ3v) is 2.69. The fourth-order valence-corrected chi connectivity index (χ4v) is 1.50. The molecule has 0 fully saturated rings. The molecule has 0 bridgehead atoms. The highest BCUT2D eigenvalue weighted by molar-refractivity contribution is 5.82. The molecule has 11 nitrogen and oxygen atoms in total. The van der Waals surface area contributed by atoms with E-state index >= 15 is 0 Å². The van der Waals surface area contributed by atoms with Gasteiger partial charge in [-0.25, -0.2) is 9.59 Å². The molecule has 1 rings (SSSR count). The molecule has 0 radical (unpaired) electrons. The molecule has 1 unspecified atom stereocenters. The van der Waals surface area contributed by atoms with E-state index in [0.717, 1.165) is 0 Å². The van der Waals surface area contributed by atoms with Gasteiger partial charge in [0.05, 0.1) is 18.7 Å². The van der Waals surface area contributed by atoms with E-state index in [4.69, 9.17) is 20.5 Å². The molecular formula is C11H19N5O6. The Labute approximate surface area is 125 Å². The number of amides is 2. The first-order chi connectivity index (χ1) is 10.3. The quantitative estimate of drug-likeness (QED) is 0.318. The first-order valence-electron chi connectivity index (χ1n) is 6.49. The molecule has 1 aromatic heterocycles. The fourth-order valence-electron chi connectivity index (χ4n) is 1.50. The maximum Gasteiger partial charge on any atom is 0.328 e. The number of carboxylic acid groups (broad SMARTS) is 1. The van der Waals surface area contributed by atoms with Gasteiger partial charge < -0.3 is 36.2 Å². The van der Waals surface area contributed by atoms with Crippen molar-refractivity contribution in [2.45, 2.75) is 38.1 Å². The lowest BCUT2D eigenvalue weighted by Gasteiger charge is -2.16. The number of urea groups is 1. The molecule has 124 valence electrons. The van der Waals surface area contributed by atoms with Crippen molar-refractivity contribution in [1.82, 2.24) is 20.8 Å². The highest BCUT2D eigenvalue weighted by Crippen LogP contribution is 2.09. The molecule has 1 heterocycles. The van der Waals surface area contributed by atoms with Crippen LogP contribution in [0.3, 0.4) is 0 Å². The van der Waals surface area contributed by atoms with Gasteiger partial charge in [-0.05, 0) is 13.3 Å². The van der Waals surface area contributed by atoms with Crippen molar-refractivity contribution in [2.24, 2.45) is 5.73 Å². The van der Waals surface area contributed by atoms with Crippen LogP contribution in [-0.4, -0.2) is 56.2 Å². The minimum atomic E-state index is -1.43. The lowest BCUT2D eigenvalue weighted by atomic mass is 10.2. The second-order valence-electron chi connectivity index (χ2n) is 4.55. The Hall–Kier alpha value is -2.24. The molecular weight excluding hydrogens is 298 g/mol. The number of aromatic nitrogens is 2. The molecule has 7 N–H and O–H groups in total. The summed E-state index contributed by atoms with van der Waals surface area (Å²) in [6, 6.07) is -2.83. The summed E-state index contributed by atoms with van der Waals surface area (Å²) >= 11 is 0. The average molecular weight is 317 g/mol. The van der Waals surface area contributed by atoms with Gasteiger partial charge in [0.1, 0.15) is 0 Å². The number of aliphatic carboxylic acids is 1. The molecule has 0 aromatic carbocycles. The van der Waals surface area contributed by atoms with E-state index < -0.39 is 30.2 Å². The largest absolute Gasteiger partial charge is 0.480 e. The van der Waals surface area contributed by atoms with Gasteiger partial charge in [-0.1, -0.05) is 5.16 Å². The summed E-state index contributed by atoms with van der Waals surface area (Å²) < 4.78 is 4.85. The Bertz CT molecular complexity index is 505. The summed E-state index contributed by atoms with van der Waals surface area (Å²) in [5.74, 6) is -1.10. The molecule has 22 heavy (non-hydrogen) atoms. The second-order valence-corrected chi connectivity index (χ2v) is 4.55. The molecule has 2 amide bonds. The van der Waals surface area contributed by atoms with Crippen molar-refractivity contribution < 1.29 is 29.4 Å². The molecule has 0 saturated heterocycles. The summed E-state index contributed by atoms with van der Waals surface area (Å²) in [6.45, 7) is 0.977. The number of carbonyl (C=O) groups excluding carboxylic acids is 1. The summed E-state index contributed by atoms with van der Waals surface area (Å²) in [6.07, 6.45) is -0.989. The van der Waals surface area contributed by atoms with Gasteiger partial charge in [-0.3, -0.25) is 0 Å². The number of aliphatic hydroxyl groups excluding tert-OH is 2. The van der Waals surface area contributed by atoms with E-state index in [0.29, 0.717) is 0 Å². The van der Waals surface area contributed by atoms with Crippen molar-refractivity contribution >= 4 is 12.0 Å². The van der Waals surface area contributed by atoms with Crippen LogP contribution < -0.4 is 16.4 Å². The van der Waals surface area contributed by atoms with Crippen molar-refractivity contribution in [3.63, 3.8) is 0 Å². The SMILES string of the molecule is CC(O)[C@H](NC(=O)NCc1nc([C@@H](N)CCO)no1)C(=O)O. The summed E-state index contributed by atoms with van der Waals surface area (Å²) in [5.41, 5.74) is 5.67. The molecule has 0 spiro atoms. The first-order valence-corrected chi connectivity index (χ1v) is 6.49. The summed E-state index contributed by atoms with van der Waals surface area (Å²) in [5, 5.41) is 34.8. The minimum absolute atomic E-state index is 0.0717. The van der Waals surface area contributed by atoms with Crippen LogP contribution in [0.25, 0.3) is 0 Å². The van der Waals surface area contributed by atoms with Crippen molar-refractivity contribution in [3.8, 4) is 0 Å². The van der Waals surface area contributed by atoms with E-state index in [1.54, 1.807) is 0 Å². The number of hydrogen-bond acceptors (Lipinski definition) is 8. The van der Waals surface area contributed by atoms with Crippen LogP contribution in [0.2, 0.25) is 0 Å². The number of nitrogens with two attached hydrogens (primary N) is 1. The highest BCUT2D eigenvalue weighted by atomic mass is 16.5. The smallest absolute Gasteiger partial charge is 0.328 e. The zero-order valence-corrected chi connectivity index (χ0v) is 11.9. The maximum atomic E-state index is 11.5. The van der Waals surface area contributed by atoms with Crippen molar-refractivity contribution in [2.75, 3.05) is 6.61 Å². The first kappa shape index (κ1) is 17.8. The Kier molecular flexibility index (Phi) is 6.69. The predicted molar refractivity (Wildman–Crippen MR) is 71.4 cm³/mol. The lowest BCUT2D eigenvalue weighted by Crippen LogP contribution is -2.51. The lowest BCUT2D eigenvalue weighted by molar-refractivity contribution is -0.141. The standard InChI is InChI=1S/C11H19N5O6/c1-5(18)8(10(19)20)15-11(21)13-4-7-14-9(16-22-7)6(12)2-3-17/h5-6,8,17-18H,2-4,12H2,1H3,(H,19,20)(H2,13,15,21)/t5?,6-,8-/m0/s1. The van der Waals surface area contributed by atoms with Gasteiger partial charge in [-0.15, -0.1) is 0 Å². The zero-order chi connectivity index (χ0) is 16.7. The Morgan fingerprint density at radius 2 is 2.14 bits per heavy atom. The molecule has 0 aliphatic rings. The summed E-state index contributed by atoms with van der Waals surface area (Å²) in [4.78, 5) is 26.3. The van der Waals surface area contributed by atoms with Crippen LogP contribution in [0.4, 0.5) is 4.79 Å². The fraction of sp³-hybridized carbons (Fsp3) is 0.636. The number of carboxylic acids is 1. The van der Waals surface area contributed by atoms with Crippen LogP contribution in [0.5, 0.6) is 0 Å². The predicted octanol–water partition coefficient (Wildman–Crippen LogP) is -1.91. The van der Waals surface area contributed by atoms with Crippen molar-refractivity contribution in [1.29, 1.82) is 0 Å². The Morgan fingerprint density at radius 1 is 1.45 bits per heavy atom. The van der Waals surface area contributed by atoms with Crippen molar-refractivity contribution in [3.05, 3.63) is 11.7 Å². The van der Waals surface area contributed by atoms with Gasteiger partial charge in [0, 0.05) is 6.61 Å². The number of nitrogens with one attached hydrogen (secondary N) is 2. The molecule has 0 aliphatic heterocycles. The van der Waals surface area contributed by atoms with E-state index in [-0.39, 0.29) is 31.3 Å². The van der Waals surface area contributed by atoms with Gasteiger partial charge in [0.2, 0.25) is 5.89 Å². The van der Waals surface area contributed by atoms with Gasteiger partial charge in [-0.2, -0.15) is 4.98 Å². The number of nitrogens with zero attached hydrogens (tertiary/aromatic N) is 2. The molecule has 1 aromatic rings. The third-order valence-electron chi connectivity index (χ3n) is 2.69. The number of hydrogen-bond donors (Lipinski definition) is 6. The molecule has 3 atom stereocenters. The minimum Gasteiger partial charge on any atom is -0.480 e. The van der Waals surface area contributed by atoms with Gasteiger partial charge in [0.25, 0.3) is 0 Å². The van der Waals surface area contributed by atoms with E-state index in [9.17, 15) is 14.7 Å². The maximum absolute atomic E-state index is 11.5. The average Bonchev–Trinajstić information content (AvgIpc) is 2.91. The van der Waals surface area contributed by atoms with Crippen LogP contribution in [0.15, 0.2) is 4.52 Å². The van der Waals surface area contributed by atoms with Crippen LogP contribution >= 0.6 is 0 Å². The van der Waals surface area contributed by atoms with E-state index in [1.807, 2.05) is 0 Å². The van der Waals surface area contributed by atoms with Gasteiger partial charge >= 0.3 is 12.0 Å². The number of aliphatic hydroxyl groups is 2. The molecule has 0 aliphatic carbocycles. The third kappa shape index (κ3) is 5.27. The molecule has 0 saturated carbocycles. The van der Waals surface area contributed by atoms with E-state index in [1.165, 1.54) is 6.92 Å². The number of carbonyl (C=O) groups is 2.